The molecule has 1 rings (SSSR count). The van der Waals surface area contributed by atoms with Crippen LogP contribution in [0.25, 0.3) is 0 Å². The predicted molar refractivity (Wildman–Crippen MR) is 45.5 cm³/mol. The van der Waals surface area contributed by atoms with Gasteiger partial charge in [0.05, 0.1) is 7.11 Å². The molecule has 6 heteroatoms. The van der Waals surface area contributed by atoms with Crippen LogP contribution < -0.4 is 4.74 Å². The lowest BCUT2D eigenvalue weighted by molar-refractivity contribution is -0.147. The van der Waals surface area contributed by atoms with Gasteiger partial charge in [0.25, 0.3) is 0 Å². The normalized spacial score (nSPS) is 12.3. The van der Waals surface area contributed by atoms with E-state index in [1.807, 2.05) is 0 Å². The molecule has 0 radical (unpaired) electrons. The average molecular weight is 218 g/mol. The van der Waals surface area contributed by atoms with Gasteiger partial charge in [-0.1, -0.05) is 0 Å². The van der Waals surface area contributed by atoms with Gasteiger partial charge in [0.15, 0.2) is 17.7 Å². The number of hydrogen-bond acceptors (Lipinski definition) is 3. The molecule has 2 N–H and O–H groups in total. The molecule has 0 aliphatic heterocycles. The first-order chi connectivity index (χ1) is 6.97. The van der Waals surface area contributed by atoms with Gasteiger partial charge in [-0.2, -0.15) is 0 Å². The summed E-state index contributed by atoms with van der Waals surface area (Å²) in [6.07, 6.45) is -2.12. The van der Waals surface area contributed by atoms with Crippen LogP contribution in [0.2, 0.25) is 0 Å². The summed E-state index contributed by atoms with van der Waals surface area (Å²) < 4.78 is 30.6. The van der Waals surface area contributed by atoms with E-state index in [9.17, 15) is 13.6 Å². The zero-order chi connectivity index (χ0) is 11.6. The third-order valence-electron chi connectivity index (χ3n) is 1.79. The number of aliphatic hydroxyl groups excluding tert-OH is 1. The van der Waals surface area contributed by atoms with Gasteiger partial charge < -0.3 is 14.9 Å². The molecule has 0 heterocycles. The van der Waals surface area contributed by atoms with Crippen LogP contribution in [0.3, 0.4) is 0 Å². The van der Waals surface area contributed by atoms with Crippen LogP contribution in [0.5, 0.6) is 5.75 Å². The molecule has 0 saturated carbocycles. The molecule has 0 saturated heterocycles. The first kappa shape index (κ1) is 11.4. The van der Waals surface area contributed by atoms with Gasteiger partial charge in [-0.15, -0.1) is 0 Å². The van der Waals surface area contributed by atoms with Gasteiger partial charge in [0, 0.05) is 11.6 Å². The van der Waals surface area contributed by atoms with Crippen LogP contribution in [0.1, 0.15) is 11.7 Å². The number of carboxylic acids is 1. The van der Waals surface area contributed by atoms with Gasteiger partial charge in [0.1, 0.15) is 5.75 Å². The Balaban J connectivity index is 3.27. The van der Waals surface area contributed by atoms with Crippen molar-refractivity contribution in [2.75, 3.05) is 7.11 Å². The maximum atomic E-state index is 13.1. The van der Waals surface area contributed by atoms with E-state index in [1.54, 1.807) is 0 Å². The number of ether oxygens (including phenoxy) is 1. The van der Waals surface area contributed by atoms with E-state index < -0.39 is 29.3 Å². The highest BCUT2D eigenvalue weighted by molar-refractivity contribution is 5.74. The molecule has 1 unspecified atom stereocenters. The number of aliphatic hydroxyl groups is 1. The van der Waals surface area contributed by atoms with Crippen molar-refractivity contribution in [3.05, 3.63) is 29.3 Å². The Labute approximate surface area is 83.7 Å². The number of halogens is 2. The van der Waals surface area contributed by atoms with Gasteiger partial charge >= 0.3 is 5.97 Å². The molecule has 4 nitrogen and oxygen atoms in total. The van der Waals surface area contributed by atoms with Crippen LogP contribution in [-0.4, -0.2) is 23.3 Å². The highest BCUT2D eigenvalue weighted by Gasteiger charge is 2.23. The minimum Gasteiger partial charge on any atom is -0.497 e. The summed E-state index contributed by atoms with van der Waals surface area (Å²) in [4.78, 5) is 10.4. The number of methoxy groups -OCH3 is 1. The van der Waals surface area contributed by atoms with E-state index in [0.29, 0.717) is 0 Å². The van der Waals surface area contributed by atoms with E-state index >= 15 is 0 Å². The van der Waals surface area contributed by atoms with E-state index in [-0.39, 0.29) is 5.75 Å². The topological polar surface area (TPSA) is 66.8 Å². The highest BCUT2D eigenvalue weighted by Crippen LogP contribution is 2.25. The van der Waals surface area contributed by atoms with Crippen molar-refractivity contribution in [3.8, 4) is 5.75 Å². The molecule has 0 amide bonds. The quantitative estimate of drug-likeness (QED) is 0.796. The molecule has 15 heavy (non-hydrogen) atoms. The van der Waals surface area contributed by atoms with Crippen LogP contribution in [-0.2, 0) is 4.79 Å². The average Bonchev–Trinajstić information content (AvgIpc) is 2.20. The Morgan fingerprint density at radius 3 is 2.53 bits per heavy atom. The maximum absolute atomic E-state index is 13.1. The lowest BCUT2D eigenvalue weighted by Gasteiger charge is -2.09. The zero-order valence-electron chi connectivity index (χ0n) is 7.70. The van der Waals surface area contributed by atoms with Crippen molar-refractivity contribution in [2.24, 2.45) is 0 Å². The fourth-order valence-corrected chi connectivity index (χ4v) is 1.03. The lowest BCUT2D eigenvalue weighted by Crippen LogP contribution is -2.13. The first-order valence-electron chi connectivity index (χ1n) is 3.91. The summed E-state index contributed by atoms with van der Waals surface area (Å²) in [6, 6.07) is 1.69. The summed E-state index contributed by atoms with van der Waals surface area (Å²) in [5.41, 5.74) is -0.667. The van der Waals surface area contributed by atoms with Crippen LogP contribution in [0, 0.1) is 11.6 Å². The van der Waals surface area contributed by atoms with Crippen LogP contribution >= 0.6 is 0 Å². The summed E-state index contributed by atoms with van der Waals surface area (Å²) in [7, 11) is 1.21. The number of benzene rings is 1. The van der Waals surface area contributed by atoms with Crippen molar-refractivity contribution in [2.45, 2.75) is 6.10 Å². The predicted octanol–water partition coefficient (Wildman–Crippen LogP) is 1.09. The van der Waals surface area contributed by atoms with Crippen LogP contribution in [0.15, 0.2) is 12.1 Å². The van der Waals surface area contributed by atoms with E-state index in [2.05, 4.69) is 4.74 Å². The number of carbonyl (C=O) groups is 1. The van der Waals surface area contributed by atoms with Gasteiger partial charge in [0.2, 0.25) is 0 Å². The van der Waals surface area contributed by atoms with Crippen LogP contribution in [0.4, 0.5) is 8.78 Å². The number of aliphatic carboxylic acids is 1. The van der Waals surface area contributed by atoms with Crippen molar-refractivity contribution in [3.63, 3.8) is 0 Å². The number of hydrogen-bond donors (Lipinski definition) is 2. The lowest BCUT2D eigenvalue weighted by atomic mass is 10.1. The van der Waals surface area contributed by atoms with Crippen molar-refractivity contribution in [1.29, 1.82) is 0 Å². The summed E-state index contributed by atoms with van der Waals surface area (Å²) in [6.45, 7) is 0. The minimum absolute atomic E-state index is 0.0656. The largest absolute Gasteiger partial charge is 0.497 e. The Bertz CT molecular complexity index is 392. The SMILES string of the molecule is COc1cc(F)c(F)c(C(O)C(=O)O)c1. The van der Waals surface area contributed by atoms with Crippen molar-refractivity contribution < 1.29 is 28.5 Å². The van der Waals surface area contributed by atoms with Crippen molar-refractivity contribution in [1.82, 2.24) is 0 Å². The van der Waals surface area contributed by atoms with Gasteiger partial charge in [-0.3, -0.25) is 0 Å². The fourth-order valence-electron chi connectivity index (χ4n) is 1.03. The molecule has 0 aliphatic carbocycles. The van der Waals surface area contributed by atoms with E-state index in [0.717, 1.165) is 12.1 Å². The second-order valence-corrected chi connectivity index (χ2v) is 2.75. The maximum Gasteiger partial charge on any atom is 0.337 e. The first-order valence-corrected chi connectivity index (χ1v) is 3.91. The molecule has 1 atom stereocenters. The third-order valence-corrected chi connectivity index (χ3v) is 1.79. The summed E-state index contributed by atoms with van der Waals surface area (Å²) >= 11 is 0. The smallest absolute Gasteiger partial charge is 0.337 e. The number of carboxylic acid groups (broad SMARTS) is 1. The second-order valence-electron chi connectivity index (χ2n) is 2.75. The molecule has 0 aliphatic rings. The molecule has 0 bridgehead atoms. The summed E-state index contributed by atoms with van der Waals surface area (Å²) in [5, 5.41) is 17.5. The van der Waals surface area contributed by atoms with E-state index in [1.165, 1.54) is 7.11 Å². The minimum atomic E-state index is -2.12. The Morgan fingerprint density at radius 1 is 1.47 bits per heavy atom. The fraction of sp³-hybridized carbons (Fsp3) is 0.222. The Hall–Kier alpha value is -1.69. The standard InChI is InChI=1S/C9H8F2O4/c1-15-4-2-5(8(12)9(13)14)7(11)6(10)3-4/h2-3,8,12H,1H3,(H,13,14). The second kappa shape index (κ2) is 4.22. The Morgan fingerprint density at radius 2 is 2.07 bits per heavy atom. The van der Waals surface area contributed by atoms with Crippen molar-refractivity contribution >= 4 is 5.97 Å². The molecule has 0 aromatic heterocycles. The van der Waals surface area contributed by atoms with Gasteiger partial charge in [-0.25, -0.2) is 13.6 Å². The summed E-state index contributed by atoms with van der Waals surface area (Å²) in [5.74, 6) is -4.40. The third kappa shape index (κ3) is 2.21. The van der Waals surface area contributed by atoms with E-state index in [4.69, 9.17) is 10.2 Å². The van der Waals surface area contributed by atoms with Gasteiger partial charge in [-0.05, 0) is 6.07 Å². The molecular weight excluding hydrogens is 210 g/mol. The molecule has 0 fully saturated rings. The molecule has 82 valence electrons. The molecule has 1 aromatic carbocycles. The highest BCUT2D eigenvalue weighted by atomic mass is 19.2. The molecule has 0 spiro atoms. The molecular formula is C9H8F2O4. The monoisotopic (exact) mass is 218 g/mol. The zero-order valence-corrected chi connectivity index (χ0v) is 7.70. The number of rotatable bonds is 3. The molecule has 1 aromatic rings. The Kier molecular flexibility index (Phi) is 3.21.